The van der Waals surface area contributed by atoms with E-state index < -0.39 is 0 Å². The zero-order chi connectivity index (χ0) is 17.3. The molecule has 2 saturated heterocycles. The summed E-state index contributed by atoms with van der Waals surface area (Å²) in [5.41, 5.74) is 0.707. The number of aromatic nitrogens is 2. The van der Waals surface area contributed by atoms with Gasteiger partial charge in [-0.2, -0.15) is 0 Å². The van der Waals surface area contributed by atoms with Gasteiger partial charge in [0.15, 0.2) is 0 Å². The minimum atomic E-state index is -0.177. The Kier molecular flexibility index (Phi) is 4.17. The molecule has 1 atom stereocenters. The molecule has 1 aromatic heterocycles. The minimum Gasteiger partial charge on any atom is -0.331 e. The number of piperidine rings is 1. The van der Waals surface area contributed by atoms with Crippen molar-refractivity contribution >= 4 is 16.9 Å². The first-order valence-electron chi connectivity index (χ1n) is 8.87. The number of benzene rings is 1. The van der Waals surface area contributed by atoms with Gasteiger partial charge in [0.1, 0.15) is 5.82 Å². The lowest BCUT2D eigenvalue weighted by atomic mass is 9.79. The van der Waals surface area contributed by atoms with E-state index in [-0.39, 0.29) is 23.6 Å². The first-order chi connectivity index (χ1) is 12.2. The molecule has 2 fully saturated rings. The molecule has 0 aliphatic carbocycles. The number of hydrogen-bond acceptors (Lipinski definition) is 4. The first-order valence-corrected chi connectivity index (χ1v) is 8.87. The third kappa shape index (κ3) is 3.24. The van der Waals surface area contributed by atoms with E-state index in [2.05, 4.69) is 20.6 Å². The van der Waals surface area contributed by atoms with Crippen LogP contribution in [-0.4, -0.2) is 47.1 Å². The van der Waals surface area contributed by atoms with Crippen molar-refractivity contribution in [1.82, 2.24) is 25.5 Å². The van der Waals surface area contributed by atoms with Gasteiger partial charge in [0.25, 0.3) is 5.56 Å². The lowest BCUT2D eigenvalue weighted by Gasteiger charge is -2.39. The molecule has 0 radical (unpaired) electrons. The van der Waals surface area contributed by atoms with Crippen LogP contribution >= 0.6 is 0 Å². The molecule has 0 bridgehead atoms. The number of amides is 2. The van der Waals surface area contributed by atoms with E-state index in [4.69, 9.17) is 0 Å². The number of fused-ring (bicyclic) bond motifs is 1. The maximum atomic E-state index is 12.5. The fourth-order valence-corrected chi connectivity index (χ4v) is 4.01. The normalized spacial score (nSPS) is 23.3. The van der Waals surface area contributed by atoms with Gasteiger partial charge in [-0.3, -0.25) is 4.79 Å². The average molecular weight is 341 g/mol. The van der Waals surface area contributed by atoms with Crippen molar-refractivity contribution in [3.05, 3.63) is 40.4 Å². The Morgan fingerprint density at radius 2 is 2.20 bits per heavy atom. The number of para-hydroxylation sites is 1. The van der Waals surface area contributed by atoms with E-state index in [0.29, 0.717) is 16.7 Å². The number of likely N-dealkylation sites (tertiary alicyclic amines) is 1. The van der Waals surface area contributed by atoms with E-state index in [9.17, 15) is 9.59 Å². The highest BCUT2D eigenvalue weighted by Gasteiger charge is 2.39. The number of nitrogens with one attached hydrogen (secondary N) is 3. The van der Waals surface area contributed by atoms with Gasteiger partial charge < -0.3 is 20.5 Å². The molecule has 7 heteroatoms. The van der Waals surface area contributed by atoms with Crippen LogP contribution in [0.25, 0.3) is 10.9 Å². The van der Waals surface area contributed by atoms with Crippen LogP contribution in [0, 0.1) is 5.41 Å². The molecule has 0 saturated carbocycles. The van der Waals surface area contributed by atoms with Crippen LogP contribution in [0.4, 0.5) is 4.79 Å². The molecule has 1 unspecified atom stereocenters. The number of urea groups is 1. The Balaban J connectivity index is 1.42. The highest BCUT2D eigenvalue weighted by Crippen LogP contribution is 2.35. The lowest BCUT2D eigenvalue weighted by Crippen LogP contribution is -2.50. The molecular weight excluding hydrogens is 318 g/mol. The van der Waals surface area contributed by atoms with Crippen molar-refractivity contribution in [2.45, 2.75) is 25.8 Å². The second-order valence-electron chi connectivity index (χ2n) is 7.14. The number of H-pyrrole nitrogens is 1. The maximum absolute atomic E-state index is 12.5. The van der Waals surface area contributed by atoms with Gasteiger partial charge in [0.05, 0.1) is 17.4 Å². The molecule has 3 N–H and O–H groups in total. The van der Waals surface area contributed by atoms with Crippen molar-refractivity contribution in [2.24, 2.45) is 5.41 Å². The van der Waals surface area contributed by atoms with Crippen molar-refractivity contribution in [3.8, 4) is 0 Å². The summed E-state index contributed by atoms with van der Waals surface area (Å²) in [6, 6.07) is 7.12. The molecule has 1 spiro atoms. The summed E-state index contributed by atoms with van der Waals surface area (Å²) in [4.78, 5) is 33.7. The molecule has 132 valence electrons. The van der Waals surface area contributed by atoms with E-state index in [0.717, 1.165) is 39.0 Å². The van der Waals surface area contributed by atoms with Gasteiger partial charge >= 0.3 is 6.03 Å². The number of aromatic amines is 1. The molecule has 4 rings (SSSR count). The Morgan fingerprint density at radius 3 is 3.04 bits per heavy atom. The predicted octanol–water partition coefficient (Wildman–Crippen LogP) is 1.21. The quantitative estimate of drug-likeness (QED) is 0.766. The van der Waals surface area contributed by atoms with Crippen LogP contribution in [0.3, 0.4) is 0 Å². The van der Waals surface area contributed by atoms with Crippen molar-refractivity contribution < 1.29 is 4.79 Å². The Hall–Kier alpha value is -2.41. The fourth-order valence-electron chi connectivity index (χ4n) is 4.01. The van der Waals surface area contributed by atoms with Gasteiger partial charge in [0.2, 0.25) is 0 Å². The molecule has 7 nitrogen and oxygen atoms in total. The topological polar surface area (TPSA) is 90.1 Å². The number of carbonyl (C=O) groups is 1. The summed E-state index contributed by atoms with van der Waals surface area (Å²) in [5.74, 6) is 0.478. The summed E-state index contributed by atoms with van der Waals surface area (Å²) >= 11 is 0. The van der Waals surface area contributed by atoms with Crippen LogP contribution in [0.1, 0.15) is 25.1 Å². The Bertz CT molecular complexity index is 841. The summed E-state index contributed by atoms with van der Waals surface area (Å²) in [5, 5.41) is 6.88. The maximum Gasteiger partial charge on any atom is 0.317 e. The standard InChI is InChI=1S/C18H23N5O2/c24-16-13-4-1-2-5-14(13)21-15(22-16)10-20-17(25)23-9-3-6-18(12-23)7-8-19-11-18/h1-2,4-5,19H,3,6-12H2,(H,20,25)(H,21,22,24). The summed E-state index contributed by atoms with van der Waals surface area (Å²) in [6.07, 6.45) is 3.36. The molecule has 25 heavy (non-hydrogen) atoms. The van der Waals surface area contributed by atoms with E-state index in [1.807, 2.05) is 17.0 Å². The molecule has 3 heterocycles. The van der Waals surface area contributed by atoms with Crippen LogP contribution in [0.2, 0.25) is 0 Å². The van der Waals surface area contributed by atoms with Gasteiger partial charge in [-0.1, -0.05) is 12.1 Å². The van der Waals surface area contributed by atoms with Crippen molar-refractivity contribution in [1.29, 1.82) is 0 Å². The zero-order valence-corrected chi connectivity index (χ0v) is 14.2. The summed E-state index contributed by atoms with van der Waals surface area (Å²) in [6.45, 7) is 3.84. The number of rotatable bonds is 2. The third-order valence-electron chi connectivity index (χ3n) is 5.35. The minimum absolute atomic E-state index is 0.0817. The monoisotopic (exact) mass is 341 g/mol. The average Bonchev–Trinajstić information content (AvgIpc) is 3.07. The van der Waals surface area contributed by atoms with Gasteiger partial charge in [-0.15, -0.1) is 0 Å². The van der Waals surface area contributed by atoms with E-state index in [1.54, 1.807) is 12.1 Å². The van der Waals surface area contributed by atoms with E-state index in [1.165, 1.54) is 6.42 Å². The Labute approximate surface area is 145 Å². The zero-order valence-electron chi connectivity index (χ0n) is 14.2. The largest absolute Gasteiger partial charge is 0.331 e. The Morgan fingerprint density at radius 1 is 1.32 bits per heavy atom. The van der Waals surface area contributed by atoms with Gasteiger partial charge in [-0.05, 0) is 37.9 Å². The fraction of sp³-hybridized carbons (Fsp3) is 0.500. The number of hydrogen-bond donors (Lipinski definition) is 3. The van der Waals surface area contributed by atoms with Gasteiger partial charge in [-0.25, -0.2) is 9.78 Å². The van der Waals surface area contributed by atoms with Crippen molar-refractivity contribution in [2.75, 3.05) is 26.2 Å². The van der Waals surface area contributed by atoms with Gasteiger partial charge in [0, 0.05) is 25.0 Å². The number of carbonyl (C=O) groups excluding carboxylic acids is 1. The van der Waals surface area contributed by atoms with E-state index >= 15 is 0 Å². The highest BCUT2D eigenvalue weighted by molar-refractivity contribution is 5.77. The predicted molar refractivity (Wildman–Crippen MR) is 95.3 cm³/mol. The molecule has 1 aromatic carbocycles. The molecule has 2 aromatic rings. The second kappa shape index (κ2) is 6.48. The van der Waals surface area contributed by atoms with Crippen LogP contribution in [-0.2, 0) is 6.54 Å². The number of nitrogens with zero attached hydrogens (tertiary/aromatic N) is 2. The summed E-state index contributed by atoms with van der Waals surface area (Å²) < 4.78 is 0. The first kappa shape index (κ1) is 16.1. The molecular formula is C18H23N5O2. The SMILES string of the molecule is O=C(NCc1nc2ccccc2c(=O)[nH]1)N1CCCC2(CCNC2)C1. The highest BCUT2D eigenvalue weighted by atomic mass is 16.2. The van der Waals surface area contributed by atoms with Crippen molar-refractivity contribution in [3.63, 3.8) is 0 Å². The summed E-state index contributed by atoms with van der Waals surface area (Å²) in [7, 11) is 0. The smallest absolute Gasteiger partial charge is 0.317 e. The molecule has 2 aliphatic heterocycles. The third-order valence-corrected chi connectivity index (χ3v) is 5.35. The second-order valence-corrected chi connectivity index (χ2v) is 7.14. The van der Waals surface area contributed by atoms with Crippen LogP contribution in [0.5, 0.6) is 0 Å². The lowest BCUT2D eigenvalue weighted by molar-refractivity contribution is 0.118. The van der Waals surface area contributed by atoms with Crippen LogP contribution < -0.4 is 16.2 Å². The van der Waals surface area contributed by atoms with Crippen LogP contribution in [0.15, 0.2) is 29.1 Å². The molecule has 2 amide bonds. The molecule has 2 aliphatic rings.